The number of hydrogen-bond donors (Lipinski definition) is 2. The van der Waals surface area contributed by atoms with Gasteiger partial charge in [-0.3, -0.25) is 9.59 Å². The lowest BCUT2D eigenvalue weighted by Gasteiger charge is -2.13. The highest BCUT2D eigenvalue weighted by Gasteiger charge is 2.20. The molecule has 2 rings (SSSR count). The Hall–Kier alpha value is -2.61. The van der Waals surface area contributed by atoms with Gasteiger partial charge in [-0.05, 0) is 24.1 Å². The molecule has 2 aromatic rings. The third-order valence-corrected chi connectivity index (χ3v) is 5.22. The molecule has 7 nitrogen and oxygen atoms in total. The standard InChI is InChI=1S/C18H21NO6S/c1-2-14(10-17(20)21)19-18(22)16-9-8-15(25-16)12-26(23,24)11-13-6-4-3-5-7-13/h3-9,14H,2,10-12H2,1H3,(H,19,22)(H,20,21)/t14-/m0/s1. The fraction of sp³-hybridized carbons (Fsp3) is 0.333. The highest BCUT2D eigenvalue weighted by molar-refractivity contribution is 7.89. The van der Waals surface area contributed by atoms with E-state index in [4.69, 9.17) is 9.52 Å². The Labute approximate surface area is 151 Å². The van der Waals surface area contributed by atoms with Crippen LogP contribution in [0.25, 0.3) is 0 Å². The number of furan rings is 1. The zero-order chi connectivity index (χ0) is 19.2. The van der Waals surface area contributed by atoms with Crippen LogP contribution in [0.1, 0.15) is 41.6 Å². The summed E-state index contributed by atoms with van der Waals surface area (Å²) in [5, 5.41) is 11.4. The van der Waals surface area contributed by atoms with Gasteiger partial charge in [0, 0.05) is 6.04 Å². The zero-order valence-corrected chi connectivity index (χ0v) is 15.2. The largest absolute Gasteiger partial charge is 0.481 e. The molecule has 0 bridgehead atoms. The molecule has 1 amide bonds. The molecule has 1 aromatic carbocycles. The molecule has 1 aromatic heterocycles. The quantitative estimate of drug-likeness (QED) is 0.691. The molecule has 1 atom stereocenters. The lowest BCUT2D eigenvalue weighted by Crippen LogP contribution is -2.35. The molecule has 0 fully saturated rings. The highest BCUT2D eigenvalue weighted by Crippen LogP contribution is 2.15. The van der Waals surface area contributed by atoms with Gasteiger partial charge in [-0.1, -0.05) is 37.3 Å². The van der Waals surface area contributed by atoms with Crippen LogP contribution in [-0.4, -0.2) is 31.4 Å². The molecule has 0 saturated carbocycles. The molecule has 0 radical (unpaired) electrons. The van der Waals surface area contributed by atoms with Crippen LogP contribution in [0.15, 0.2) is 46.9 Å². The number of carbonyl (C=O) groups excluding carboxylic acids is 1. The van der Waals surface area contributed by atoms with Crippen molar-refractivity contribution in [3.8, 4) is 0 Å². The molecule has 8 heteroatoms. The molecule has 0 aliphatic rings. The maximum absolute atomic E-state index is 12.3. The van der Waals surface area contributed by atoms with Gasteiger partial charge in [-0.25, -0.2) is 8.42 Å². The van der Waals surface area contributed by atoms with Crippen LogP contribution in [-0.2, 0) is 26.1 Å². The van der Waals surface area contributed by atoms with Crippen molar-refractivity contribution >= 4 is 21.7 Å². The van der Waals surface area contributed by atoms with Crippen molar-refractivity contribution in [3.63, 3.8) is 0 Å². The minimum absolute atomic E-state index is 0.0428. The average Bonchev–Trinajstić information content (AvgIpc) is 3.02. The summed E-state index contributed by atoms with van der Waals surface area (Å²) < 4.78 is 29.9. The summed E-state index contributed by atoms with van der Waals surface area (Å²) >= 11 is 0. The predicted molar refractivity (Wildman–Crippen MR) is 95.3 cm³/mol. The van der Waals surface area contributed by atoms with Crippen molar-refractivity contribution in [2.45, 2.75) is 37.3 Å². The van der Waals surface area contributed by atoms with Gasteiger partial charge in [-0.15, -0.1) is 0 Å². The summed E-state index contributed by atoms with van der Waals surface area (Å²) in [5.41, 5.74) is 0.677. The first-order chi connectivity index (χ1) is 12.3. The van der Waals surface area contributed by atoms with Crippen LogP contribution < -0.4 is 5.32 Å². The number of sulfone groups is 1. The number of rotatable bonds is 9. The van der Waals surface area contributed by atoms with Crippen molar-refractivity contribution in [2.24, 2.45) is 0 Å². The number of carboxylic acids is 1. The summed E-state index contributed by atoms with van der Waals surface area (Å²) in [7, 11) is -3.45. The molecular weight excluding hydrogens is 358 g/mol. The second-order valence-electron chi connectivity index (χ2n) is 5.96. The normalized spacial score (nSPS) is 12.5. The molecule has 2 N–H and O–H groups in total. The van der Waals surface area contributed by atoms with E-state index in [9.17, 15) is 18.0 Å². The first-order valence-corrected chi connectivity index (χ1v) is 9.97. The van der Waals surface area contributed by atoms with E-state index in [0.717, 1.165) is 0 Å². The smallest absolute Gasteiger partial charge is 0.305 e. The first-order valence-electron chi connectivity index (χ1n) is 8.15. The van der Waals surface area contributed by atoms with E-state index in [-0.39, 0.29) is 29.4 Å². The molecule has 0 spiro atoms. The zero-order valence-electron chi connectivity index (χ0n) is 14.3. The summed E-state index contributed by atoms with van der Waals surface area (Å²) in [6, 6.07) is 11.1. The molecule has 140 valence electrons. The maximum atomic E-state index is 12.3. The Bertz CT molecular complexity index is 857. The Balaban J connectivity index is 2.00. The van der Waals surface area contributed by atoms with E-state index < -0.39 is 27.8 Å². The summed E-state index contributed by atoms with van der Waals surface area (Å²) in [6.45, 7) is 1.76. The van der Waals surface area contributed by atoms with Gasteiger partial charge < -0.3 is 14.8 Å². The van der Waals surface area contributed by atoms with Crippen molar-refractivity contribution in [1.82, 2.24) is 5.32 Å². The Morgan fingerprint density at radius 3 is 2.42 bits per heavy atom. The van der Waals surface area contributed by atoms with Crippen LogP contribution in [0.4, 0.5) is 0 Å². The monoisotopic (exact) mass is 379 g/mol. The minimum atomic E-state index is -3.45. The van der Waals surface area contributed by atoms with Crippen molar-refractivity contribution < 1.29 is 27.5 Å². The van der Waals surface area contributed by atoms with Gasteiger partial charge in [0.1, 0.15) is 11.5 Å². The van der Waals surface area contributed by atoms with E-state index in [1.165, 1.54) is 12.1 Å². The summed E-state index contributed by atoms with van der Waals surface area (Å²) in [5.74, 6) is -1.89. The fourth-order valence-electron chi connectivity index (χ4n) is 2.44. The second-order valence-corrected chi connectivity index (χ2v) is 8.02. The Morgan fingerprint density at radius 1 is 1.12 bits per heavy atom. The van der Waals surface area contributed by atoms with E-state index >= 15 is 0 Å². The number of hydrogen-bond acceptors (Lipinski definition) is 5. The van der Waals surface area contributed by atoms with E-state index in [2.05, 4.69) is 5.32 Å². The lowest BCUT2D eigenvalue weighted by molar-refractivity contribution is -0.137. The first kappa shape index (κ1) is 19.7. The molecule has 0 aliphatic heterocycles. The van der Waals surface area contributed by atoms with Gasteiger partial charge in [-0.2, -0.15) is 0 Å². The van der Waals surface area contributed by atoms with Crippen LogP contribution in [0.5, 0.6) is 0 Å². The number of amides is 1. The minimum Gasteiger partial charge on any atom is -0.481 e. The van der Waals surface area contributed by atoms with Gasteiger partial charge in [0.15, 0.2) is 15.6 Å². The highest BCUT2D eigenvalue weighted by atomic mass is 32.2. The fourth-order valence-corrected chi connectivity index (χ4v) is 3.83. The van der Waals surface area contributed by atoms with Crippen LogP contribution >= 0.6 is 0 Å². The topological polar surface area (TPSA) is 114 Å². The van der Waals surface area contributed by atoms with Gasteiger partial charge >= 0.3 is 5.97 Å². The van der Waals surface area contributed by atoms with Crippen LogP contribution in [0.3, 0.4) is 0 Å². The molecule has 0 unspecified atom stereocenters. The third-order valence-electron chi connectivity index (χ3n) is 3.73. The van der Waals surface area contributed by atoms with Gasteiger partial charge in [0.25, 0.3) is 5.91 Å². The molecular formula is C18H21NO6S. The van der Waals surface area contributed by atoms with E-state index in [0.29, 0.717) is 12.0 Å². The van der Waals surface area contributed by atoms with Crippen molar-refractivity contribution in [3.05, 3.63) is 59.5 Å². The second kappa shape index (κ2) is 8.66. The predicted octanol–water partition coefficient (Wildman–Crippen LogP) is 2.38. The summed E-state index contributed by atoms with van der Waals surface area (Å²) in [6.07, 6.45) is 0.262. The van der Waals surface area contributed by atoms with E-state index in [1.807, 2.05) is 6.07 Å². The maximum Gasteiger partial charge on any atom is 0.305 e. The van der Waals surface area contributed by atoms with Crippen molar-refractivity contribution in [1.29, 1.82) is 0 Å². The Morgan fingerprint density at radius 2 is 1.81 bits per heavy atom. The third kappa shape index (κ3) is 6.03. The number of carbonyl (C=O) groups is 2. The van der Waals surface area contributed by atoms with Gasteiger partial charge in [0.2, 0.25) is 0 Å². The SMILES string of the molecule is CC[C@@H](CC(=O)O)NC(=O)c1ccc(CS(=O)(=O)Cc2ccccc2)o1. The van der Waals surface area contributed by atoms with E-state index in [1.54, 1.807) is 31.2 Å². The van der Waals surface area contributed by atoms with Crippen molar-refractivity contribution in [2.75, 3.05) is 0 Å². The van der Waals surface area contributed by atoms with Crippen LogP contribution in [0, 0.1) is 0 Å². The number of nitrogens with one attached hydrogen (secondary N) is 1. The molecule has 1 heterocycles. The number of carboxylic acid groups (broad SMARTS) is 1. The molecule has 26 heavy (non-hydrogen) atoms. The summed E-state index contributed by atoms with van der Waals surface area (Å²) in [4.78, 5) is 22.9. The Kier molecular flexibility index (Phi) is 6.57. The number of aliphatic carboxylic acids is 1. The lowest BCUT2D eigenvalue weighted by atomic mass is 10.1. The molecule has 0 aliphatic carbocycles. The van der Waals surface area contributed by atoms with Gasteiger partial charge in [0.05, 0.1) is 12.2 Å². The molecule has 0 saturated heterocycles. The van der Waals surface area contributed by atoms with Crippen LogP contribution in [0.2, 0.25) is 0 Å². The number of benzene rings is 1. The average molecular weight is 379 g/mol.